The lowest BCUT2D eigenvalue weighted by molar-refractivity contribution is -0.150. The van der Waals surface area contributed by atoms with Crippen LogP contribution in [0.1, 0.15) is 25.7 Å². The van der Waals surface area contributed by atoms with E-state index in [-0.39, 0.29) is 43.8 Å². The number of hydrogen-bond donors (Lipinski definition) is 3. The van der Waals surface area contributed by atoms with E-state index in [0.717, 1.165) is 13.1 Å². The van der Waals surface area contributed by atoms with Gasteiger partial charge in [-0.05, 0) is 12.8 Å². The Kier molecular flexibility index (Phi) is 7.04. The summed E-state index contributed by atoms with van der Waals surface area (Å²) >= 11 is 0. The summed E-state index contributed by atoms with van der Waals surface area (Å²) < 4.78 is 16.5. The highest BCUT2D eigenvalue weighted by Gasteiger charge is 2.35. The van der Waals surface area contributed by atoms with Crippen LogP contribution < -0.4 is 10.6 Å². The molecule has 2 aliphatic heterocycles. The number of carbonyl (C=O) groups is 2. The summed E-state index contributed by atoms with van der Waals surface area (Å²) in [6.45, 7) is 3.04. The molecule has 2 heterocycles. The lowest BCUT2D eigenvalue weighted by atomic mass is 10.1. The lowest BCUT2D eigenvalue weighted by Gasteiger charge is -2.27. The third-order valence-corrected chi connectivity index (χ3v) is 3.73. The van der Waals surface area contributed by atoms with E-state index in [0.29, 0.717) is 26.1 Å². The van der Waals surface area contributed by atoms with Crippen LogP contribution in [0.25, 0.3) is 0 Å². The molecule has 2 rings (SSSR count). The van der Waals surface area contributed by atoms with Crippen LogP contribution in [0.2, 0.25) is 0 Å². The van der Waals surface area contributed by atoms with Crippen molar-refractivity contribution in [3.05, 3.63) is 0 Å². The Balaban J connectivity index is 1.70. The summed E-state index contributed by atoms with van der Waals surface area (Å²) in [6.07, 6.45) is 0.944. The molecule has 2 aliphatic rings. The van der Waals surface area contributed by atoms with E-state index in [4.69, 9.17) is 19.3 Å². The van der Waals surface area contributed by atoms with Gasteiger partial charge in [-0.25, -0.2) is 0 Å². The number of aliphatic carboxylic acids is 1. The van der Waals surface area contributed by atoms with Gasteiger partial charge in [0.25, 0.3) is 0 Å². The Hall–Kier alpha value is -1.22. The molecule has 0 saturated carbocycles. The third kappa shape index (κ3) is 5.53. The third-order valence-electron chi connectivity index (χ3n) is 3.73. The van der Waals surface area contributed by atoms with Crippen molar-refractivity contribution in [2.75, 3.05) is 32.9 Å². The molecule has 2 atom stereocenters. The highest BCUT2D eigenvalue weighted by Crippen LogP contribution is 2.18. The predicted octanol–water partition coefficient (Wildman–Crippen LogP) is -0.317. The van der Waals surface area contributed by atoms with Crippen molar-refractivity contribution in [3.8, 4) is 0 Å². The Morgan fingerprint density at radius 1 is 1.09 bits per heavy atom. The molecule has 22 heavy (non-hydrogen) atoms. The van der Waals surface area contributed by atoms with E-state index in [1.54, 1.807) is 0 Å². The molecule has 8 heteroatoms. The Bertz CT molecular complexity index is 350. The quantitative estimate of drug-likeness (QED) is 0.393. The van der Waals surface area contributed by atoms with Gasteiger partial charge in [0, 0.05) is 25.9 Å². The number of carbonyl (C=O) groups excluding carboxylic acids is 1. The highest BCUT2D eigenvalue weighted by atomic mass is 16.6. The molecular formula is C14H24N2O6. The van der Waals surface area contributed by atoms with Gasteiger partial charge < -0.3 is 19.3 Å². The molecule has 0 aromatic rings. The summed E-state index contributed by atoms with van der Waals surface area (Å²) in [7, 11) is 0. The first-order chi connectivity index (χ1) is 10.7. The molecule has 126 valence electrons. The normalized spacial score (nSPS) is 26.0. The van der Waals surface area contributed by atoms with Crippen molar-refractivity contribution in [1.82, 2.24) is 10.6 Å². The van der Waals surface area contributed by atoms with Crippen molar-refractivity contribution in [1.29, 1.82) is 0 Å². The summed E-state index contributed by atoms with van der Waals surface area (Å²) in [4.78, 5) is 22.1. The Labute approximate surface area is 129 Å². The van der Waals surface area contributed by atoms with E-state index in [2.05, 4.69) is 10.6 Å². The lowest BCUT2D eigenvalue weighted by Crippen LogP contribution is -2.46. The first-order valence-corrected chi connectivity index (χ1v) is 7.74. The molecule has 3 N–H and O–H groups in total. The standard InChI is InChI=1S/C14H24N2O6/c17-11(18)3-1-2-4-12(19)22-9-10(13-15-5-7-20-13)14-16-6-8-21-14/h10,13-16H,1-9H2,(H,17,18). The number of nitrogens with one attached hydrogen (secondary N) is 2. The number of hydrogen-bond acceptors (Lipinski definition) is 7. The van der Waals surface area contributed by atoms with Crippen LogP contribution in [0.5, 0.6) is 0 Å². The fourth-order valence-corrected chi connectivity index (χ4v) is 2.58. The summed E-state index contributed by atoms with van der Waals surface area (Å²) in [5.41, 5.74) is 0. The van der Waals surface area contributed by atoms with Gasteiger partial charge in [-0.1, -0.05) is 0 Å². The highest BCUT2D eigenvalue weighted by molar-refractivity contribution is 5.69. The van der Waals surface area contributed by atoms with Crippen molar-refractivity contribution < 1.29 is 28.9 Å². The SMILES string of the molecule is O=C(O)CCCCC(=O)OCC(C1NCCO1)C1NCCO1. The van der Waals surface area contributed by atoms with Crippen LogP contribution in [0, 0.1) is 5.92 Å². The largest absolute Gasteiger partial charge is 0.481 e. The van der Waals surface area contributed by atoms with Gasteiger partial charge in [-0.15, -0.1) is 0 Å². The fraction of sp³-hybridized carbons (Fsp3) is 0.857. The molecule has 2 unspecified atom stereocenters. The van der Waals surface area contributed by atoms with Crippen LogP contribution >= 0.6 is 0 Å². The number of esters is 1. The number of carboxylic acids is 1. The zero-order chi connectivity index (χ0) is 15.8. The minimum Gasteiger partial charge on any atom is -0.481 e. The van der Waals surface area contributed by atoms with Crippen LogP contribution in [0.4, 0.5) is 0 Å². The zero-order valence-electron chi connectivity index (χ0n) is 12.6. The van der Waals surface area contributed by atoms with Gasteiger partial charge >= 0.3 is 11.9 Å². The van der Waals surface area contributed by atoms with Gasteiger partial charge in [-0.2, -0.15) is 0 Å². The minimum absolute atomic E-state index is 0.0789. The topological polar surface area (TPSA) is 106 Å². The fourth-order valence-electron chi connectivity index (χ4n) is 2.58. The maximum absolute atomic E-state index is 11.7. The van der Waals surface area contributed by atoms with Crippen LogP contribution in [0.15, 0.2) is 0 Å². The van der Waals surface area contributed by atoms with E-state index in [1.165, 1.54) is 0 Å². The molecular weight excluding hydrogens is 292 g/mol. The average molecular weight is 316 g/mol. The second kappa shape index (κ2) is 9.04. The van der Waals surface area contributed by atoms with E-state index < -0.39 is 5.97 Å². The summed E-state index contributed by atoms with van der Waals surface area (Å²) in [6, 6.07) is 0. The minimum atomic E-state index is -0.845. The average Bonchev–Trinajstić information content (AvgIpc) is 3.17. The molecule has 2 saturated heterocycles. The van der Waals surface area contributed by atoms with Crippen molar-refractivity contribution in [2.45, 2.75) is 38.1 Å². The zero-order valence-corrected chi connectivity index (χ0v) is 12.6. The molecule has 2 fully saturated rings. The summed E-state index contributed by atoms with van der Waals surface area (Å²) in [5.74, 6) is -1.26. The Morgan fingerprint density at radius 3 is 2.18 bits per heavy atom. The molecule has 0 aliphatic carbocycles. The maximum atomic E-state index is 11.7. The monoisotopic (exact) mass is 316 g/mol. The van der Waals surface area contributed by atoms with E-state index in [1.807, 2.05) is 0 Å². The van der Waals surface area contributed by atoms with Gasteiger partial charge in [0.2, 0.25) is 0 Å². The van der Waals surface area contributed by atoms with Crippen molar-refractivity contribution in [2.24, 2.45) is 5.92 Å². The number of rotatable bonds is 9. The van der Waals surface area contributed by atoms with Gasteiger partial charge in [-0.3, -0.25) is 20.2 Å². The second-order valence-corrected chi connectivity index (χ2v) is 5.44. The molecule has 0 bridgehead atoms. The molecule has 0 radical (unpaired) electrons. The molecule has 0 aromatic heterocycles. The van der Waals surface area contributed by atoms with Crippen molar-refractivity contribution in [3.63, 3.8) is 0 Å². The summed E-state index contributed by atoms with van der Waals surface area (Å²) in [5, 5.41) is 15.0. The number of carboxylic acid groups (broad SMARTS) is 1. The van der Waals surface area contributed by atoms with Crippen LogP contribution in [0.3, 0.4) is 0 Å². The van der Waals surface area contributed by atoms with Crippen LogP contribution in [-0.2, 0) is 23.8 Å². The molecule has 0 spiro atoms. The second-order valence-electron chi connectivity index (χ2n) is 5.44. The maximum Gasteiger partial charge on any atom is 0.305 e. The van der Waals surface area contributed by atoms with E-state index >= 15 is 0 Å². The number of ether oxygens (including phenoxy) is 3. The Morgan fingerprint density at radius 2 is 1.68 bits per heavy atom. The van der Waals surface area contributed by atoms with Gasteiger partial charge in [0.15, 0.2) is 0 Å². The van der Waals surface area contributed by atoms with E-state index in [9.17, 15) is 9.59 Å². The smallest absolute Gasteiger partial charge is 0.305 e. The van der Waals surface area contributed by atoms with Crippen molar-refractivity contribution >= 4 is 11.9 Å². The number of unbranched alkanes of at least 4 members (excludes halogenated alkanes) is 1. The van der Waals surface area contributed by atoms with Gasteiger partial charge in [0.05, 0.1) is 19.1 Å². The molecule has 0 aromatic carbocycles. The van der Waals surface area contributed by atoms with Crippen LogP contribution in [-0.4, -0.2) is 62.4 Å². The van der Waals surface area contributed by atoms with Gasteiger partial charge in [0.1, 0.15) is 19.1 Å². The molecule has 0 amide bonds. The molecule has 8 nitrogen and oxygen atoms in total. The first kappa shape index (κ1) is 17.1. The first-order valence-electron chi connectivity index (χ1n) is 7.74. The predicted molar refractivity (Wildman–Crippen MR) is 76.0 cm³/mol.